The van der Waals surface area contributed by atoms with Gasteiger partial charge in [-0.15, -0.1) is 24.8 Å². The van der Waals surface area contributed by atoms with E-state index in [1.807, 2.05) is 12.3 Å². The van der Waals surface area contributed by atoms with Crippen molar-refractivity contribution in [1.82, 2.24) is 20.4 Å². The molecule has 0 atom stereocenters. The molecule has 0 saturated carbocycles. The minimum Gasteiger partial charge on any atom is -0.352 e. The van der Waals surface area contributed by atoms with E-state index in [1.54, 1.807) is 10.9 Å². The second-order valence-electron chi connectivity index (χ2n) is 4.11. The number of amides is 1. The molecular formula is C12H20Cl2N4O. The van der Waals surface area contributed by atoms with E-state index in [0.717, 1.165) is 19.5 Å². The van der Waals surface area contributed by atoms with Crippen LogP contribution in [0.25, 0.3) is 0 Å². The third-order valence-electron chi connectivity index (χ3n) is 2.80. The van der Waals surface area contributed by atoms with Gasteiger partial charge in [0.25, 0.3) is 0 Å². The molecule has 1 aliphatic heterocycles. The molecule has 1 aliphatic rings. The molecule has 0 aromatic carbocycles. The molecule has 2 rings (SSSR count). The first kappa shape index (κ1) is 18.0. The summed E-state index contributed by atoms with van der Waals surface area (Å²) >= 11 is 0. The van der Waals surface area contributed by atoms with E-state index in [4.69, 9.17) is 0 Å². The number of aromatic nitrogens is 2. The third kappa shape index (κ3) is 6.61. The first-order valence-electron chi connectivity index (χ1n) is 5.97. The van der Waals surface area contributed by atoms with Crippen LogP contribution < -0.4 is 10.6 Å². The molecule has 1 aromatic rings. The number of nitrogens with zero attached hydrogens (tertiary/aromatic N) is 2. The third-order valence-corrected chi connectivity index (χ3v) is 2.80. The standard InChI is InChI=1S/C12H18N4O.2ClH/c17-12(4-9-16-8-1-5-15-16)14-10-11-2-6-13-7-3-11;;/h1-2,5,8,13H,3-4,6-7,9-10H2,(H,14,17);2*1H. The Bertz CT molecular complexity index is 392. The highest BCUT2D eigenvalue weighted by Crippen LogP contribution is 2.02. The lowest BCUT2D eigenvalue weighted by atomic mass is 10.1. The Kier molecular flexibility index (Phi) is 9.30. The van der Waals surface area contributed by atoms with Crippen molar-refractivity contribution in [2.75, 3.05) is 19.6 Å². The highest BCUT2D eigenvalue weighted by atomic mass is 35.5. The molecule has 7 heteroatoms. The molecule has 0 aliphatic carbocycles. The SMILES string of the molecule is Cl.Cl.O=C(CCn1cccn1)NCC1=CCNCC1. The molecule has 0 fully saturated rings. The first-order chi connectivity index (χ1) is 8.34. The summed E-state index contributed by atoms with van der Waals surface area (Å²) in [6.45, 7) is 3.24. The topological polar surface area (TPSA) is 59.0 Å². The number of rotatable bonds is 5. The zero-order chi connectivity index (χ0) is 11.9. The van der Waals surface area contributed by atoms with Crippen LogP contribution in [0, 0.1) is 0 Å². The summed E-state index contributed by atoms with van der Waals surface area (Å²) in [5.41, 5.74) is 1.32. The lowest BCUT2D eigenvalue weighted by Gasteiger charge is -2.14. The number of carbonyl (C=O) groups excluding carboxylic acids is 1. The van der Waals surface area contributed by atoms with Gasteiger partial charge in [0.1, 0.15) is 0 Å². The summed E-state index contributed by atoms with van der Waals surface area (Å²) in [6, 6.07) is 1.86. The molecule has 108 valence electrons. The summed E-state index contributed by atoms with van der Waals surface area (Å²) in [6.07, 6.45) is 7.24. The van der Waals surface area contributed by atoms with Gasteiger partial charge in [0, 0.05) is 38.4 Å². The average molecular weight is 307 g/mol. The maximum Gasteiger partial charge on any atom is 0.222 e. The van der Waals surface area contributed by atoms with Crippen molar-refractivity contribution in [2.45, 2.75) is 19.4 Å². The molecule has 0 unspecified atom stereocenters. The zero-order valence-corrected chi connectivity index (χ0v) is 12.3. The number of aryl methyl sites for hydroxylation is 1. The van der Waals surface area contributed by atoms with Crippen LogP contribution in [0.3, 0.4) is 0 Å². The molecule has 0 spiro atoms. The van der Waals surface area contributed by atoms with Crippen LogP contribution in [0.2, 0.25) is 0 Å². The summed E-state index contributed by atoms with van der Waals surface area (Å²) in [4.78, 5) is 11.6. The van der Waals surface area contributed by atoms with Gasteiger partial charge in [0.05, 0.1) is 0 Å². The Morgan fingerprint density at radius 1 is 1.47 bits per heavy atom. The van der Waals surface area contributed by atoms with Crippen LogP contribution in [0.15, 0.2) is 30.1 Å². The fraction of sp³-hybridized carbons (Fsp3) is 0.500. The Morgan fingerprint density at radius 3 is 2.95 bits per heavy atom. The quantitative estimate of drug-likeness (QED) is 0.803. The molecule has 1 amide bonds. The van der Waals surface area contributed by atoms with Crippen molar-refractivity contribution >= 4 is 30.7 Å². The van der Waals surface area contributed by atoms with Gasteiger partial charge in [0.15, 0.2) is 0 Å². The largest absolute Gasteiger partial charge is 0.352 e. The van der Waals surface area contributed by atoms with Crippen molar-refractivity contribution in [3.05, 3.63) is 30.1 Å². The number of carbonyl (C=O) groups is 1. The highest BCUT2D eigenvalue weighted by molar-refractivity contribution is 5.85. The van der Waals surface area contributed by atoms with Crippen LogP contribution in [0.1, 0.15) is 12.8 Å². The summed E-state index contributed by atoms with van der Waals surface area (Å²) in [5, 5.41) is 10.2. The van der Waals surface area contributed by atoms with Crippen molar-refractivity contribution in [2.24, 2.45) is 0 Å². The Hall–Kier alpha value is -1.04. The molecule has 2 N–H and O–H groups in total. The van der Waals surface area contributed by atoms with Gasteiger partial charge >= 0.3 is 0 Å². The lowest BCUT2D eigenvalue weighted by molar-refractivity contribution is -0.121. The second kappa shape index (κ2) is 9.83. The van der Waals surface area contributed by atoms with Crippen LogP contribution in [0.5, 0.6) is 0 Å². The number of hydrogen-bond acceptors (Lipinski definition) is 3. The number of halogens is 2. The van der Waals surface area contributed by atoms with Crippen molar-refractivity contribution < 1.29 is 4.79 Å². The summed E-state index contributed by atoms with van der Waals surface area (Å²) in [5.74, 6) is 0.0833. The van der Waals surface area contributed by atoms with E-state index < -0.39 is 0 Å². The minimum atomic E-state index is 0. The second-order valence-corrected chi connectivity index (χ2v) is 4.11. The molecule has 5 nitrogen and oxygen atoms in total. The molecule has 0 radical (unpaired) electrons. The normalized spacial score (nSPS) is 13.8. The predicted molar refractivity (Wildman–Crippen MR) is 79.9 cm³/mol. The summed E-state index contributed by atoms with van der Waals surface area (Å²) < 4.78 is 1.77. The molecule has 1 aromatic heterocycles. The van der Waals surface area contributed by atoms with Crippen molar-refractivity contribution in [1.29, 1.82) is 0 Å². The van der Waals surface area contributed by atoms with E-state index in [-0.39, 0.29) is 30.7 Å². The van der Waals surface area contributed by atoms with Gasteiger partial charge in [-0.05, 0) is 19.0 Å². The van der Waals surface area contributed by atoms with Gasteiger partial charge in [-0.1, -0.05) is 11.6 Å². The smallest absolute Gasteiger partial charge is 0.222 e. The van der Waals surface area contributed by atoms with Gasteiger partial charge in [-0.3, -0.25) is 9.48 Å². The Morgan fingerprint density at radius 2 is 2.32 bits per heavy atom. The molecule has 2 heterocycles. The van der Waals surface area contributed by atoms with E-state index in [0.29, 0.717) is 19.5 Å². The Labute approximate surface area is 125 Å². The zero-order valence-electron chi connectivity index (χ0n) is 10.7. The van der Waals surface area contributed by atoms with Crippen LogP contribution in [-0.4, -0.2) is 35.3 Å². The highest BCUT2D eigenvalue weighted by Gasteiger charge is 2.05. The predicted octanol–water partition coefficient (Wildman–Crippen LogP) is 1.15. The average Bonchev–Trinajstić information content (AvgIpc) is 2.88. The maximum absolute atomic E-state index is 11.6. The fourth-order valence-electron chi connectivity index (χ4n) is 1.78. The van der Waals surface area contributed by atoms with Crippen LogP contribution >= 0.6 is 24.8 Å². The van der Waals surface area contributed by atoms with E-state index >= 15 is 0 Å². The molecule has 0 saturated heterocycles. The minimum absolute atomic E-state index is 0. The monoisotopic (exact) mass is 306 g/mol. The number of nitrogens with one attached hydrogen (secondary N) is 2. The van der Waals surface area contributed by atoms with Gasteiger partial charge in [0.2, 0.25) is 5.91 Å². The summed E-state index contributed by atoms with van der Waals surface area (Å²) in [7, 11) is 0. The van der Waals surface area contributed by atoms with Crippen molar-refractivity contribution in [3.8, 4) is 0 Å². The van der Waals surface area contributed by atoms with Crippen LogP contribution in [-0.2, 0) is 11.3 Å². The van der Waals surface area contributed by atoms with E-state index in [1.165, 1.54) is 5.57 Å². The Balaban J connectivity index is 0.00000162. The lowest BCUT2D eigenvalue weighted by Crippen LogP contribution is -2.30. The van der Waals surface area contributed by atoms with Gasteiger partial charge < -0.3 is 10.6 Å². The van der Waals surface area contributed by atoms with Crippen LogP contribution in [0.4, 0.5) is 0 Å². The van der Waals surface area contributed by atoms with E-state index in [2.05, 4.69) is 21.8 Å². The number of hydrogen-bond donors (Lipinski definition) is 2. The van der Waals surface area contributed by atoms with Gasteiger partial charge in [-0.25, -0.2) is 0 Å². The molecule has 0 bridgehead atoms. The fourth-order valence-corrected chi connectivity index (χ4v) is 1.78. The van der Waals surface area contributed by atoms with Crippen molar-refractivity contribution in [3.63, 3.8) is 0 Å². The first-order valence-corrected chi connectivity index (χ1v) is 5.97. The van der Waals surface area contributed by atoms with Gasteiger partial charge in [-0.2, -0.15) is 5.10 Å². The van der Waals surface area contributed by atoms with E-state index in [9.17, 15) is 4.79 Å². The molecule has 19 heavy (non-hydrogen) atoms. The maximum atomic E-state index is 11.6. The molecular weight excluding hydrogens is 287 g/mol.